The summed E-state index contributed by atoms with van der Waals surface area (Å²) in [5.74, 6) is 2.10. The monoisotopic (exact) mass is 393 g/mol. The number of ether oxygens (including phenoxy) is 4. The van der Waals surface area contributed by atoms with Gasteiger partial charge in [0.05, 0.1) is 25.5 Å². The summed E-state index contributed by atoms with van der Waals surface area (Å²) in [4.78, 5) is 12.8. The highest BCUT2D eigenvalue weighted by molar-refractivity contribution is 6.06. The zero-order valence-corrected chi connectivity index (χ0v) is 16.4. The number of methoxy groups -OCH3 is 2. The van der Waals surface area contributed by atoms with Crippen LogP contribution in [0.3, 0.4) is 0 Å². The summed E-state index contributed by atoms with van der Waals surface area (Å²) in [5.41, 5.74) is 0.964. The summed E-state index contributed by atoms with van der Waals surface area (Å²) in [5, 5.41) is 2.85. The second-order valence-corrected chi connectivity index (χ2v) is 6.03. The molecule has 0 fully saturated rings. The normalized spacial score (nSPS) is 10.1. The Morgan fingerprint density at radius 3 is 2.24 bits per heavy atom. The summed E-state index contributed by atoms with van der Waals surface area (Å²) < 4.78 is 21.9. The first kappa shape index (κ1) is 20.1. The molecule has 1 amide bonds. The lowest BCUT2D eigenvalue weighted by Gasteiger charge is -2.14. The first-order valence-corrected chi connectivity index (χ1v) is 9.14. The van der Waals surface area contributed by atoms with E-state index >= 15 is 0 Å². The first-order chi connectivity index (χ1) is 14.2. The molecule has 3 rings (SSSR count). The maximum atomic E-state index is 12.8. The van der Waals surface area contributed by atoms with Crippen LogP contribution in [0.5, 0.6) is 23.0 Å². The standard InChI is InChI=1S/C23H23NO5/c1-26-18-12-13-20(22(16-18)27-2)24-23(25)19-10-6-7-11-21(19)29-15-14-28-17-8-4-3-5-9-17/h3-13,16H,14-15H2,1-2H3,(H,24,25). The number of nitrogens with one attached hydrogen (secondary N) is 1. The molecule has 150 valence electrons. The summed E-state index contributed by atoms with van der Waals surface area (Å²) in [7, 11) is 3.11. The van der Waals surface area contributed by atoms with Crippen LogP contribution < -0.4 is 24.3 Å². The van der Waals surface area contributed by atoms with Gasteiger partial charge in [-0.2, -0.15) is 0 Å². The number of anilines is 1. The van der Waals surface area contributed by atoms with E-state index in [1.165, 1.54) is 7.11 Å². The molecule has 29 heavy (non-hydrogen) atoms. The predicted molar refractivity (Wildman–Crippen MR) is 111 cm³/mol. The van der Waals surface area contributed by atoms with Crippen molar-refractivity contribution < 1.29 is 23.7 Å². The van der Waals surface area contributed by atoms with Crippen molar-refractivity contribution >= 4 is 11.6 Å². The summed E-state index contributed by atoms with van der Waals surface area (Å²) >= 11 is 0. The Kier molecular flexibility index (Phi) is 6.95. The van der Waals surface area contributed by atoms with Crippen LogP contribution in [0.15, 0.2) is 72.8 Å². The van der Waals surface area contributed by atoms with Gasteiger partial charge in [0.2, 0.25) is 0 Å². The van der Waals surface area contributed by atoms with Gasteiger partial charge in [0, 0.05) is 6.07 Å². The lowest BCUT2D eigenvalue weighted by atomic mass is 10.1. The van der Waals surface area contributed by atoms with E-state index in [1.54, 1.807) is 43.5 Å². The van der Waals surface area contributed by atoms with Crippen molar-refractivity contribution in [3.63, 3.8) is 0 Å². The van der Waals surface area contributed by atoms with Gasteiger partial charge in [0.25, 0.3) is 5.91 Å². The van der Waals surface area contributed by atoms with E-state index in [1.807, 2.05) is 36.4 Å². The highest BCUT2D eigenvalue weighted by atomic mass is 16.5. The van der Waals surface area contributed by atoms with E-state index < -0.39 is 0 Å². The number of amides is 1. The quantitative estimate of drug-likeness (QED) is 0.546. The Bertz CT molecular complexity index is 943. The Labute approximate surface area is 170 Å². The summed E-state index contributed by atoms with van der Waals surface area (Å²) in [6, 6.07) is 21.7. The van der Waals surface area contributed by atoms with Gasteiger partial charge < -0.3 is 24.3 Å². The summed E-state index contributed by atoms with van der Waals surface area (Å²) in [6.07, 6.45) is 0. The lowest BCUT2D eigenvalue weighted by molar-refractivity contribution is 0.102. The maximum absolute atomic E-state index is 12.8. The molecule has 6 nitrogen and oxygen atoms in total. The number of rotatable bonds is 9. The zero-order chi connectivity index (χ0) is 20.5. The molecule has 0 saturated heterocycles. The molecule has 0 unspecified atom stereocenters. The third-order valence-electron chi connectivity index (χ3n) is 4.14. The molecule has 1 N–H and O–H groups in total. The molecule has 0 aromatic heterocycles. The van der Waals surface area contributed by atoms with Crippen molar-refractivity contribution in [3.05, 3.63) is 78.4 Å². The Balaban J connectivity index is 1.64. The van der Waals surface area contributed by atoms with Crippen LogP contribution in [0.1, 0.15) is 10.4 Å². The Hall–Kier alpha value is -3.67. The minimum atomic E-state index is -0.298. The fourth-order valence-electron chi connectivity index (χ4n) is 2.70. The van der Waals surface area contributed by atoms with E-state index in [9.17, 15) is 4.79 Å². The first-order valence-electron chi connectivity index (χ1n) is 9.14. The second-order valence-electron chi connectivity index (χ2n) is 6.03. The second kappa shape index (κ2) is 10.0. The maximum Gasteiger partial charge on any atom is 0.259 e. The largest absolute Gasteiger partial charge is 0.497 e. The average molecular weight is 393 g/mol. The van der Waals surface area contributed by atoms with Crippen molar-refractivity contribution in [2.45, 2.75) is 0 Å². The van der Waals surface area contributed by atoms with Gasteiger partial charge in [-0.1, -0.05) is 30.3 Å². The topological polar surface area (TPSA) is 66.0 Å². The molecular formula is C23H23NO5. The van der Waals surface area contributed by atoms with Gasteiger partial charge in [-0.15, -0.1) is 0 Å². The van der Waals surface area contributed by atoms with E-state index in [0.29, 0.717) is 41.7 Å². The number of hydrogen-bond acceptors (Lipinski definition) is 5. The third-order valence-corrected chi connectivity index (χ3v) is 4.14. The molecule has 0 bridgehead atoms. The van der Waals surface area contributed by atoms with Crippen LogP contribution in [0.25, 0.3) is 0 Å². The fraction of sp³-hybridized carbons (Fsp3) is 0.174. The SMILES string of the molecule is COc1ccc(NC(=O)c2ccccc2OCCOc2ccccc2)c(OC)c1. The molecule has 0 aliphatic heterocycles. The van der Waals surface area contributed by atoms with Crippen LogP contribution in [-0.4, -0.2) is 33.3 Å². The van der Waals surface area contributed by atoms with Gasteiger partial charge in [-0.25, -0.2) is 0 Å². The number of hydrogen-bond donors (Lipinski definition) is 1. The lowest BCUT2D eigenvalue weighted by Crippen LogP contribution is -2.16. The molecular weight excluding hydrogens is 370 g/mol. The average Bonchev–Trinajstić information content (AvgIpc) is 2.78. The smallest absolute Gasteiger partial charge is 0.259 e. The van der Waals surface area contributed by atoms with Crippen LogP contribution in [0.2, 0.25) is 0 Å². The molecule has 0 saturated carbocycles. The van der Waals surface area contributed by atoms with E-state index in [0.717, 1.165) is 5.75 Å². The van der Waals surface area contributed by atoms with Crippen LogP contribution >= 0.6 is 0 Å². The zero-order valence-electron chi connectivity index (χ0n) is 16.4. The molecule has 0 aliphatic carbocycles. The van der Waals surface area contributed by atoms with Gasteiger partial charge in [0.1, 0.15) is 36.2 Å². The van der Waals surface area contributed by atoms with Crippen molar-refractivity contribution in [3.8, 4) is 23.0 Å². The number of carbonyl (C=O) groups excluding carboxylic acids is 1. The minimum absolute atomic E-state index is 0.298. The molecule has 3 aromatic carbocycles. The van der Waals surface area contributed by atoms with E-state index in [4.69, 9.17) is 18.9 Å². The van der Waals surface area contributed by atoms with Crippen molar-refractivity contribution in [1.82, 2.24) is 0 Å². The molecule has 0 atom stereocenters. The molecule has 0 radical (unpaired) electrons. The van der Waals surface area contributed by atoms with Crippen LogP contribution in [0, 0.1) is 0 Å². The van der Waals surface area contributed by atoms with Crippen LogP contribution in [0.4, 0.5) is 5.69 Å². The van der Waals surface area contributed by atoms with E-state index in [2.05, 4.69) is 5.32 Å². The highest BCUT2D eigenvalue weighted by Gasteiger charge is 2.15. The van der Waals surface area contributed by atoms with Gasteiger partial charge in [-0.3, -0.25) is 4.79 Å². The molecule has 0 spiro atoms. The van der Waals surface area contributed by atoms with Gasteiger partial charge in [0.15, 0.2) is 0 Å². The fourth-order valence-corrected chi connectivity index (χ4v) is 2.70. The molecule has 3 aromatic rings. The number of benzene rings is 3. The van der Waals surface area contributed by atoms with Crippen molar-refractivity contribution in [2.24, 2.45) is 0 Å². The molecule has 0 aliphatic rings. The van der Waals surface area contributed by atoms with Gasteiger partial charge in [-0.05, 0) is 36.4 Å². The van der Waals surface area contributed by atoms with E-state index in [-0.39, 0.29) is 5.91 Å². The highest BCUT2D eigenvalue weighted by Crippen LogP contribution is 2.30. The third kappa shape index (κ3) is 5.42. The number of para-hydroxylation sites is 2. The number of carbonyl (C=O) groups is 1. The van der Waals surface area contributed by atoms with Gasteiger partial charge >= 0.3 is 0 Å². The molecule has 0 heterocycles. The summed E-state index contributed by atoms with van der Waals surface area (Å²) in [6.45, 7) is 0.678. The Morgan fingerprint density at radius 2 is 1.48 bits per heavy atom. The Morgan fingerprint density at radius 1 is 0.759 bits per heavy atom. The van der Waals surface area contributed by atoms with Crippen molar-refractivity contribution in [2.75, 3.05) is 32.8 Å². The van der Waals surface area contributed by atoms with Crippen molar-refractivity contribution in [1.29, 1.82) is 0 Å². The molecule has 6 heteroatoms. The predicted octanol–water partition coefficient (Wildman–Crippen LogP) is 4.41. The minimum Gasteiger partial charge on any atom is -0.497 e. The van der Waals surface area contributed by atoms with Crippen LogP contribution in [-0.2, 0) is 0 Å².